The minimum atomic E-state index is -5.18. The van der Waals surface area contributed by atoms with Crippen LogP contribution in [0.15, 0.2) is 35.7 Å². The third-order valence-corrected chi connectivity index (χ3v) is 3.63. The monoisotopic (exact) mass is 377 g/mol. The molecule has 1 N–H and O–H groups in total. The van der Waals surface area contributed by atoms with Crippen molar-refractivity contribution in [1.82, 2.24) is 5.32 Å². The first-order valence-electron chi connectivity index (χ1n) is 7.00. The Balaban J connectivity index is 2.70. The molecule has 140 valence electrons. The average molecular weight is 377 g/mol. The van der Waals surface area contributed by atoms with E-state index in [2.05, 4.69) is 14.8 Å². The number of halogens is 5. The van der Waals surface area contributed by atoms with E-state index >= 15 is 0 Å². The molecule has 0 unspecified atom stereocenters. The van der Waals surface area contributed by atoms with E-state index < -0.39 is 46.8 Å². The number of methoxy groups -OCH3 is 2. The predicted octanol–water partition coefficient (Wildman–Crippen LogP) is 2.78. The molecule has 0 amide bonds. The first kappa shape index (κ1) is 19.4. The van der Waals surface area contributed by atoms with E-state index in [9.17, 15) is 31.5 Å². The fourth-order valence-electron chi connectivity index (χ4n) is 2.49. The van der Waals surface area contributed by atoms with Crippen molar-refractivity contribution in [3.63, 3.8) is 0 Å². The summed E-state index contributed by atoms with van der Waals surface area (Å²) in [5.74, 6) is -7.26. The number of nitrogens with one attached hydrogen (secondary N) is 1. The van der Waals surface area contributed by atoms with Crippen molar-refractivity contribution >= 4 is 11.9 Å². The Bertz CT molecular complexity index is 782. The Morgan fingerprint density at radius 1 is 1.00 bits per heavy atom. The van der Waals surface area contributed by atoms with Crippen molar-refractivity contribution in [3.8, 4) is 0 Å². The van der Waals surface area contributed by atoms with Gasteiger partial charge in [0.25, 0.3) is 0 Å². The minimum absolute atomic E-state index is 0.283. The molecule has 1 aliphatic heterocycles. The van der Waals surface area contributed by atoms with Crippen LogP contribution < -0.4 is 5.32 Å². The maximum absolute atomic E-state index is 13.8. The zero-order valence-corrected chi connectivity index (χ0v) is 13.4. The molecule has 2 rings (SSSR count). The maximum atomic E-state index is 13.8. The number of rotatable bonds is 3. The largest absolute Gasteiger partial charge is 0.466 e. The first-order chi connectivity index (χ1) is 12.1. The summed E-state index contributed by atoms with van der Waals surface area (Å²) < 4.78 is 75.4. The van der Waals surface area contributed by atoms with Crippen LogP contribution >= 0.6 is 0 Å². The topological polar surface area (TPSA) is 64.6 Å². The molecular formula is C16H12F5NO4. The van der Waals surface area contributed by atoms with Crippen LogP contribution in [0.1, 0.15) is 17.0 Å². The fraction of sp³-hybridized carbons (Fsp3) is 0.250. The average Bonchev–Trinajstić information content (AvgIpc) is 2.60. The SMILES string of the molecule is COC(=O)C1=CNC=C(C(=O)OC)C1c1cc(F)c(F)c(C(F)(F)F)c1. The summed E-state index contributed by atoms with van der Waals surface area (Å²) in [6.45, 7) is 0. The van der Waals surface area contributed by atoms with E-state index in [1.807, 2.05) is 0 Å². The van der Waals surface area contributed by atoms with Crippen molar-refractivity contribution in [3.05, 3.63) is 58.4 Å². The molecule has 1 aromatic rings. The predicted molar refractivity (Wildman–Crippen MR) is 77.4 cm³/mol. The zero-order valence-electron chi connectivity index (χ0n) is 13.4. The number of hydrogen-bond acceptors (Lipinski definition) is 5. The highest BCUT2D eigenvalue weighted by molar-refractivity contribution is 5.98. The lowest BCUT2D eigenvalue weighted by Crippen LogP contribution is -2.27. The number of ether oxygens (including phenoxy) is 2. The van der Waals surface area contributed by atoms with E-state index in [1.165, 1.54) is 0 Å². The molecule has 0 atom stereocenters. The van der Waals surface area contributed by atoms with Crippen LogP contribution in [0.5, 0.6) is 0 Å². The lowest BCUT2D eigenvalue weighted by Gasteiger charge is -2.25. The minimum Gasteiger partial charge on any atom is -0.466 e. The van der Waals surface area contributed by atoms with Gasteiger partial charge in [0.2, 0.25) is 0 Å². The molecule has 1 aliphatic rings. The summed E-state index contributed by atoms with van der Waals surface area (Å²) in [4.78, 5) is 23.9. The summed E-state index contributed by atoms with van der Waals surface area (Å²) in [5.41, 5.74) is -2.89. The van der Waals surface area contributed by atoms with Gasteiger partial charge < -0.3 is 14.8 Å². The van der Waals surface area contributed by atoms with Crippen molar-refractivity contribution in [2.24, 2.45) is 0 Å². The van der Waals surface area contributed by atoms with Gasteiger partial charge in [-0.15, -0.1) is 0 Å². The molecule has 0 bridgehead atoms. The highest BCUT2D eigenvalue weighted by atomic mass is 19.4. The van der Waals surface area contributed by atoms with Crippen LogP contribution in [0.4, 0.5) is 22.0 Å². The number of dihydropyridines is 1. The molecule has 0 saturated heterocycles. The van der Waals surface area contributed by atoms with Crippen molar-refractivity contribution in [2.75, 3.05) is 14.2 Å². The van der Waals surface area contributed by atoms with E-state index in [4.69, 9.17) is 0 Å². The Labute approximate surface area is 144 Å². The van der Waals surface area contributed by atoms with Gasteiger partial charge in [0, 0.05) is 12.4 Å². The molecule has 1 heterocycles. The molecule has 0 fully saturated rings. The Kier molecular flexibility index (Phi) is 5.33. The summed E-state index contributed by atoms with van der Waals surface area (Å²) in [6, 6.07) is 0.816. The molecule has 0 aromatic heterocycles. The van der Waals surface area contributed by atoms with E-state index in [1.54, 1.807) is 0 Å². The smallest absolute Gasteiger partial charge is 0.419 e. The number of carbonyl (C=O) groups excluding carboxylic acids is 2. The van der Waals surface area contributed by atoms with Crippen molar-refractivity contribution < 1.29 is 41.0 Å². The van der Waals surface area contributed by atoms with E-state index in [-0.39, 0.29) is 11.1 Å². The lowest BCUT2D eigenvalue weighted by molar-refractivity contribution is -0.140. The summed E-state index contributed by atoms with van der Waals surface area (Å²) >= 11 is 0. The molecule has 0 aliphatic carbocycles. The third kappa shape index (κ3) is 3.53. The highest BCUT2D eigenvalue weighted by Crippen LogP contribution is 2.39. The summed E-state index contributed by atoms with van der Waals surface area (Å²) in [6.07, 6.45) is -3.02. The number of hydrogen-bond donors (Lipinski definition) is 1. The number of carbonyl (C=O) groups is 2. The van der Waals surface area contributed by atoms with Gasteiger partial charge in [-0.25, -0.2) is 18.4 Å². The highest BCUT2D eigenvalue weighted by Gasteiger charge is 2.39. The van der Waals surface area contributed by atoms with Crippen LogP contribution in [0.3, 0.4) is 0 Å². The molecule has 10 heteroatoms. The van der Waals surface area contributed by atoms with E-state index in [0.29, 0.717) is 12.1 Å². The Hall–Kier alpha value is -2.91. The van der Waals surface area contributed by atoms with Gasteiger partial charge in [0.1, 0.15) is 0 Å². The second-order valence-electron chi connectivity index (χ2n) is 5.14. The molecule has 0 spiro atoms. The normalized spacial score (nSPS) is 14.9. The molecule has 0 radical (unpaired) electrons. The number of alkyl halides is 3. The van der Waals surface area contributed by atoms with Gasteiger partial charge in [0.15, 0.2) is 11.6 Å². The van der Waals surface area contributed by atoms with Crippen LogP contribution in [0.2, 0.25) is 0 Å². The summed E-state index contributed by atoms with van der Waals surface area (Å²) in [5, 5.41) is 2.47. The maximum Gasteiger partial charge on any atom is 0.419 e. The molecule has 5 nitrogen and oxygen atoms in total. The van der Waals surface area contributed by atoms with Gasteiger partial charge in [-0.3, -0.25) is 0 Å². The first-order valence-corrected chi connectivity index (χ1v) is 7.00. The zero-order chi connectivity index (χ0) is 19.6. The molecule has 0 saturated carbocycles. The van der Waals surface area contributed by atoms with Crippen LogP contribution in [-0.4, -0.2) is 26.2 Å². The van der Waals surface area contributed by atoms with Crippen LogP contribution in [-0.2, 0) is 25.2 Å². The van der Waals surface area contributed by atoms with E-state index in [0.717, 1.165) is 26.6 Å². The van der Waals surface area contributed by atoms with Gasteiger partial charge in [-0.1, -0.05) is 0 Å². The fourth-order valence-corrected chi connectivity index (χ4v) is 2.49. The second-order valence-corrected chi connectivity index (χ2v) is 5.14. The number of esters is 2. The quantitative estimate of drug-likeness (QED) is 0.648. The molecule has 26 heavy (non-hydrogen) atoms. The standard InChI is InChI=1S/C16H12F5NO4/c1-25-14(23)8-5-22-6-9(15(24)26-2)12(8)7-3-10(16(19,20)21)13(18)11(17)4-7/h3-6,12,22H,1-2H3. The summed E-state index contributed by atoms with van der Waals surface area (Å²) in [7, 11) is 2.03. The van der Waals surface area contributed by atoms with Gasteiger partial charge in [-0.05, 0) is 17.7 Å². The van der Waals surface area contributed by atoms with Gasteiger partial charge in [-0.2, -0.15) is 13.2 Å². The molecule has 1 aromatic carbocycles. The number of benzene rings is 1. The third-order valence-electron chi connectivity index (χ3n) is 3.63. The Morgan fingerprint density at radius 3 is 1.92 bits per heavy atom. The van der Waals surface area contributed by atoms with Crippen molar-refractivity contribution in [2.45, 2.75) is 12.1 Å². The van der Waals surface area contributed by atoms with Crippen LogP contribution in [0, 0.1) is 11.6 Å². The Morgan fingerprint density at radius 2 is 1.50 bits per heavy atom. The van der Waals surface area contributed by atoms with Crippen molar-refractivity contribution in [1.29, 1.82) is 0 Å². The van der Waals surface area contributed by atoms with Gasteiger partial charge in [0.05, 0.1) is 36.8 Å². The molecular weight excluding hydrogens is 365 g/mol. The second kappa shape index (κ2) is 7.14. The lowest BCUT2D eigenvalue weighted by atomic mass is 9.83. The van der Waals surface area contributed by atoms with Crippen LogP contribution in [0.25, 0.3) is 0 Å². The van der Waals surface area contributed by atoms with Gasteiger partial charge >= 0.3 is 18.1 Å².